The molecule has 0 saturated heterocycles. The van der Waals surface area contributed by atoms with E-state index in [0.717, 1.165) is 5.56 Å². The predicted octanol–water partition coefficient (Wildman–Crippen LogP) is 3.34. The van der Waals surface area contributed by atoms with Crippen LogP contribution in [0.5, 0.6) is 0 Å². The van der Waals surface area contributed by atoms with Crippen LogP contribution in [0.1, 0.15) is 5.56 Å². The van der Waals surface area contributed by atoms with E-state index in [4.69, 9.17) is 11.8 Å². The maximum atomic E-state index is 11.4. The quantitative estimate of drug-likeness (QED) is 0.851. The summed E-state index contributed by atoms with van der Waals surface area (Å²) in [7, 11) is 0. The lowest BCUT2D eigenvalue weighted by molar-refractivity contribution is -0.138. The minimum atomic E-state index is -0.942. The molecule has 0 spiro atoms. The number of carboxylic acids is 1. The van der Waals surface area contributed by atoms with Gasteiger partial charge in [-0.05, 0) is 17.7 Å². The summed E-state index contributed by atoms with van der Waals surface area (Å²) in [6, 6.07) is 17.7. The second-order valence-electron chi connectivity index (χ2n) is 4.19. The topological polar surface area (TPSA) is 40.5 Å². The average Bonchev–Trinajstić information content (AvgIpc) is 2.46. The van der Waals surface area contributed by atoms with Crippen molar-refractivity contribution in [1.82, 2.24) is 0 Å². The van der Waals surface area contributed by atoms with Gasteiger partial charge in [-0.3, -0.25) is 4.42 Å². The normalized spacial score (nSPS) is 11.8. The van der Waals surface area contributed by atoms with Crippen molar-refractivity contribution in [2.45, 2.75) is 12.5 Å². The summed E-state index contributed by atoms with van der Waals surface area (Å²) in [4.78, 5) is 11.4. The van der Waals surface area contributed by atoms with Crippen molar-refractivity contribution in [2.75, 3.05) is 4.42 Å². The van der Waals surface area contributed by atoms with Gasteiger partial charge in [0, 0.05) is 18.2 Å². The minimum absolute atomic E-state index is 0.356. The van der Waals surface area contributed by atoms with Crippen molar-refractivity contribution in [1.29, 1.82) is 0 Å². The number of aliphatic carboxylic acids is 1. The lowest BCUT2D eigenvalue weighted by atomic mass is 10.1. The molecule has 0 saturated carbocycles. The average molecular weight is 276 g/mol. The van der Waals surface area contributed by atoms with Crippen LogP contribution >= 0.6 is 11.8 Å². The fourth-order valence-corrected chi connectivity index (χ4v) is 2.12. The van der Waals surface area contributed by atoms with Gasteiger partial charge in [0.15, 0.2) is 0 Å². The van der Waals surface area contributed by atoms with Crippen LogP contribution in [0.25, 0.3) is 0 Å². The molecular formula is C15H14ClNO2. The van der Waals surface area contributed by atoms with E-state index in [2.05, 4.69) is 0 Å². The summed E-state index contributed by atoms with van der Waals surface area (Å²) in [5.41, 5.74) is 1.61. The van der Waals surface area contributed by atoms with Crippen LogP contribution in [0.4, 0.5) is 5.69 Å². The molecule has 0 aliphatic heterocycles. The first-order chi connectivity index (χ1) is 9.18. The molecule has 0 aromatic heterocycles. The van der Waals surface area contributed by atoms with E-state index in [1.165, 1.54) is 4.42 Å². The molecule has 4 heteroatoms. The van der Waals surface area contributed by atoms with Gasteiger partial charge in [0.05, 0.1) is 5.69 Å². The largest absolute Gasteiger partial charge is 0.480 e. The molecule has 0 fully saturated rings. The molecule has 0 amide bonds. The zero-order valence-electron chi connectivity index (χ0n) is 10.2. The van der Waals surface area contributed by atoms with Crippen LogP contribution in [0.15, 0.2) is 60.7 Å². The second kappa shape index (κ2) is 6.25. The zero-order valence-corrected chi connectivity index (χ0v) is 11.0. The number of benzene rings is 2. The number of hydrogen-bond acceptors (Lipinski definition) is 2. The molecule has 1 N–H and O–H groups in total. The number of halogens is 1. The van der Waals surface area contributed by atoms with Crippen LogP contribution < -0.4 is 4.42 Å². The highest BCUT2D eigenvalue weighted by Gasteiger charge is 2.25. The van der Waals surface area contributed by atoms with Gasteiger partial charge in [0.1, 0.15) is 6.04 Å². The third-order valence-electron chi connectivity index (χ3n) is 2.83. The molecule has 0 radical (unpaired) electrons. The monoisotopic (exact) mass is 275 g/mol. The van der Waals surface area contributed by atoms with Crippen molar-refractivity contribution < 1.29 is 9.90 Å². The summed E-state index contributed by atoms with van der Waals surface area (Å²) in [6.07, 6.45) is 0.356. The molecule has 2 aromatic rings. The Morgan fingerprint density at radius 2 is 1.58 bits per heavy atom. The predicted molar refractivity (Wildman–Crippen MR) is 76.3 cm³/mol. The van der Waals surface area contributed by atoms with Gasteiger partial charge in [0.25, 0.3) is 0 Å². The number of rotatable bonds is 5. The van der Waals surface area contributed by atoms with Gasteiger partial charge in [-0.25, -0.2) is 4.79 Å². The van der Waals surface area contributed by atoms with Crippen molar-refractivity contribution in [3.8, 4) is 0 Å². The Labute approximate surface area is 117 Å². The fourth-order valence-electron chi connectivity index (χ4n) is 1.85. The number of para-hydroxylation sites is 1. The van der Waals surface area contributed by atoms with Crippen LogP contribution in [0.2, 0.25) is 0 Å². The van der Waals surface area contributed by atoms with E-state index < -0.39 is 12.0 Å². The molecule has 19 heavy (non-hydrogen) atoms. The molecule has 0 heterocycles. The standard InChI is InChI=1S/C15H14ClNO2/c16-17(13-9-5-2-6-10-13)14(15(18)19)11-12-7-3-1-4-8-12/h1-10,14H,11H2,(H,18,19)/t14-/m0/s1. The van der Waals surface area contributed by atoms with E-state index in [1.54, 1.807) is 12.1 Å². The molecule has 1 atom stereocenters. The van der Waals surface area contributed by atoms with E-state index in [1.807, 2.05) is 48.5 Å². The molecule has 2 aromatic carbocycles. The Morgan fingerprint density at radius 3 is 2.11 bits per heavy atom. The Hall–Kier alpha value is -2.00. The summed E-state index contributed by atoms with van der Waals surface area (Å²) in [5, 5.41) is 9.34. The highest BCUT2D eigenvalue weighted by Crippen LogP contribution is 2.21. The second-order valence-corrected chi connectivity index (χ2v) is 4.55. The van der Waals surface area contributed by atoms with E-state index in [9.17, 15) is 9.90 Å². The van der Waals surface area contributed by atoms with Crippen LogP contribution in [-0.2, 0) is 11.2 Å². The summed E-state index contributed by atoms with van der Waals surface area (Å²) < 4.78 is 1.27. The van der Waals surface area contributed by atoms with E-state index in [0.29, 0.717) is 12.1 Å². The first-order valence-corrected chi connectivity index (χ1v) is 6.29. The highest BCUT2D eigenvalue weighted by atomic mass is 35.5. The molecule has 0 unspecified atom stereocenters. The summed E-state index contributed by atoms with van der Waals surface area (Å²) >= 11 is 6.17. The van der Waals surface area contributed by atoms with Gasteiger partial charge < -0.3 is 5.11 Å². The van der Waals surface area contributed by atoms with E-state index in [-0.39, 0.29) is 0 Å². The maximum Gasteiger partial charge on any atom is 0.328 e. The SMILES string of the molecule is O=C(O)[C@H](Cc1ccccc1)N(Cl)c1ccccc1. The lowest BCUT2D eigenvalue weighted by Gasteiger charge is -2.23. The Bertz CT molecular complexity index is 530. The minimum Gasteiger partial charge on any atom is -0.480 e. The molecule has 0 aliphatic rings. The molecule has 0 bridgehead atoms. The summed E-state index contributed by atoms with van der Waals surface area (Å²) in [6.45, 7) is 0. The Morgan fingerprint density at radius 1 is 1.05 bits per heavy atom. The maximum absolute atomic E-state index is 11.4. The third kappa shape index (κ3) is 3.48. The van der Waals surface area contributed by atoms with Crippen molar-refractivity contribution >= 4 is 23.4 Å². The van der Waals surface area contributed by atoms with Crippen molar-refractivity contribution in [2.24, 2.45) is 0 Å². The van der Waals surface area contributed by atoms with Gasteiger partial charge >= 0.3 is 5.97 Å². The fraction of sp³-hybridized carbons (Fsp3) is 0.133. The number of hydrogen-bond donors (Lipinski definition) is 1. The smallest absolute Gasteiger partial charge is 0.328 e. The number of carbonyl (C=O) groups is 1. The summed E-state index contributed by atoms with van der Waals surface area (Å²) in [5.74, 6) is -0.942. The highest BCUT2D eigenvalue weighted by molar-refractivity contribution is 6.27. The molecule has 0 aliphatic carbocycles. The van der Waals surface area contributed by atoms with Crippen molar-refractivity contribution in [3.63, 3.8) is 0 Å². The Kier molecular flexibility index (Phi) is 4.42. The van der Waals surface area contributed by atoms with Crippen LogP contribution in [0, 0.1) is 0 Å². The van der Waals surface area contributed by atoms with Gasteiger partial charge in [0.2, 0.25) is 0 Å². The van der Waals surface area contributed by atoms with Gasteiger partial charge in [-0.1, -0.05) is 48.5 Å². The number of carboxylic acid groups (broad SMARTS) is 1. The van der Waals surface area contributed by atoms with Crippen molar-refractivity contribution in [3.05, 3.63) is 66.2 Å². The number of anilines is 1. The molecular weight excluding hydrogens is 262 g/mol. The molecule has 2 rings (SSSR count). The number of nitrogens with zero attached hydrogens (tertiary/aromatic N) is 1. The first kappa shape index (κ1) is 13.4. The van der Waals surface area contributed by atoms with Gasteiger partial charge in [-0.2, -0.15) is 0 Å². The van der Waals surface area contributed by atoms with Crippen LogP contribution in [0.3, 0.4) is 0 Å². The third-order valence-corrected chi connectivity index (χ3v) is 3.26. The van der Waals surface area contributed by atoms with Crippen LogP contribution in [-0.4, -0.2) is 17.1 Å². The first-order valence-electron chi connectivity index (χ1n) is 5.95. The van der Waals surface area contributed by atoms with Gasteiger partial charge in [-0.15, -0.1) is 0 Å². The lowest BCUT2D eigenvalue weighted by Crippen LogP contribution is -2.36. The molecule has 98 valence electrons. The zero-order chi connectivity index (χ0) is 13.7. The molecule has 3 nitrogen and oxygen atoms in total. The Balaban J connectivity index is 2.19. The van der Waals surface area contributed by atoms with E-state index >= 15 is 0 Å².